The quantitative estimate of drug-likeness (QED) is 0.760. The van der Waals surface area contributed by atoms with E-state index >= 15 is 0 Å². The van der Waals surface area contributed by atoms with Crippen molar-refractivity contribution in [1.82, 2.24) is 9.80 Å². The van der Waals surface area contributed by atoms with E-state index in [9.17, 15) is 0 Å². The van der Waals surface area contributed by atoms with Gasteiger partial charge in [0.1, 0.15) is 0 Å². The molecule has 0 spiro atoms. The van der Waals surface area contributed by atoms with E-state index in [0.29, 0.717) is 12.1 Å². The van der Waals surface area contributed by atoms with Gasteiger partial charge in [0.05, 0.1) is 18.8 Å². The van der Waals surface area contributed by atoms with Crippen molar-refractivity contribution in [3.63, 3.8) is 0 Å². The van der Waals surface area contributed by atoms with Gasteiger partial charge in [0.15, 0.2) is 0 Å². The van der Waals surface area contributed by atoms with Crippen molar-refractivity contribution < 1.29 is 4.74 Å². The van der Waals surface area contributed by atoms with Crippen LogP contribution >= 0.6 is 0 Å². The van der Waals surface area contributed by atoms with Crippen LogP contribution in [0.3, 0.4) is 0 Å². The van der Waals surface area contributed by atoms with E-state index in [-0.39, 0.29) is 0 Å². The lowest BCUT2D eigenvalue weighted by atomic mass is 9.87. The monoisotopic (exact) mass is 266 g/mol. The lowest BCUT2D eigenvalue weighted by Gasteiger charge is -2.49. The van der Waals surface area contributed by atoms with E-state index in [0.717, 1.165) is 24.6 Å². The molecule has 3 aliphatic rings. The summed E-state index contributed by atoms with van der Waals surface area (Å²) < 4.78 is 5.76. The fraction of sp³-hybridized carbons (Fsp3) is 1.00. The smallest absolute Gasteiger partial charge is 0.0751 e. The van der Waals surface area contributed by atoms with Crippen LogP contribution in [0.15, 0.2) is 0 Å². The average Bonchev–Trinajstić information content (AvgIpc) is 3.19. The Hall–Kier alpha value is -0.120. The van der Waals surface area contributed by atoms with E-state index in [2.05, 4.69) is 30.7 Å². The van der Waals surface area contributed by atoms with E-state index in [1.807, 2.05) is 0 Å². The molecule has 0 aromatic heterocycles. The molecule has 1 saturated carbocycles. The molecule has 2 heterocycles. The lowest BCUT2D eigenvalue weighted by molar-refractivity contribution is -0.152. The van der Waals surface area contributed by atoms with Gasteiger partial charge in [-0.2, -0.15) is 0 Å². The highest BCUT2D eigenvalue weighted by Gasteiger charge is 2.46. The van der Waals surface area contributed by atoms with Crippen LogP contribution < -0.4 is 0 Å². The summed E-state index contributed by atoms with van der Waals surface area (Å²) in [5.41, 5.74) is 0. The minimum Gasteiger partial charge on any atom is -0.375 e. The van der Waals surface area contributed by atoms with Crippen molar-refractivity contribution >= 4 is 0 Å². The maximum absolute atomic E-state index is 5.76. The third kappa shape index (κ3) is 2.84. The number of ether oxygens (including phenoxy) is 1. The molecule has 3 unspecified atom stereocenters. The summed E-state index contributed by atoms with van der Waals surface area (Å²) in [6, 6.07) is 2.34. The van der Waals surface area contributed by atoms with Crippen LogP contribution in [-0.2, 0) is 4.74 Å². The molecule has 3 atom stereocenters. The Labute approximate surface area is 118 Å². The van der Waals surface area contributed by atoms with Crippen LogP contribution in [0.2, 0.25) is 0 Å². The Kier molecular flexibility index (Phi) is 4.16. The van der Waals surface area contributed by atoms with E-state index in [1.54, 1.807) is 0 Å². The van der Waals surface area contributed by atoms with Crippen LogP contribution in [-0.4, -0.2) is 60.8 Å². The summed E-state index contributed by atoms with van der Waals surface area (Å²) >= 11 is 0. The first-order chi connectivity index (χ1) is 9.20. The third-order valence-corrected chi connectivity index (χ3v) is 5.58. The van der Waals surface area contributed by atoms with Gasteiger partial charge < -0.3 is 9.64 Å². The molecule has 0 amide bonds. The number of hydrogen-bond donors (Lipinski definition) is 0. The molecular weight excluding hydrogens is 236 g/mol. The zero-order valence-corrected chi connectivity index (χ0v) is 12.8. The fourth-order valence-electron chi connectivity index (χ4n) is 4.02. The average molecular weight is 266 g/mol. The standard InChI is InChI=1S/C16H30N2O/c1-4-16-15(11-19-16)18(14-5-6-14)12(2)13-7-9-17(3)10-8-13/h12-16H,4-11H2,1-3H3. The minimum absolute atomic E-state index is 0.509. The molecule has 0 bridgehead atoms. The van der Waals surface area contributed by atoms with Crippen molar-refractivity contribution in [1.29, 1.82) is 0 Å². The summed E-state index contributed by atoms with van der Waals surface area (Å²) in [5, 5.41) is 0. The van der Waals surface area contributed by atoms with Gasteiger partial charge in [-0.15, -0.1) is 0 Å². The van der Waals surface area contributed by atoms with Crippen LogP contribution in [0.25, 0.3) is 0 Å². The Morgan fingerprint density at radius 3 is 2.37 bits per heavy atom. The second-order valence-electron chi connectivity index (χ2n) is 6.91. The molecule has 2 saturated heterocycles. The van der Waals surface area contributed by atoms with E-state index in [1.165, 1.54) is 45.2 Å². The first kappa shape index (κ1) is 13.8. The van der Waals surface area contributed by atoms with Gasteiger partial charge in [0.2, 0.25) is 0 Å². The Morgan fingerprint density at radius 1 is 1.21 bits per heavy atom. The normalized spacial score (nSPS) is 35.4. The topological polar surface area (TPSA) is 15.7 Å². The van der Waals surface area contributed by atoms with Gasteiger partial charge in [-0.05, 0) is 65.1 Å². The predicted molar refractivity (Wildman–Crippen MR) is 78.4 cm³/mol. The molecule has 0 aromatic carbocycles. The largest absolute Gasteiger partial charge is 0.375 e. The summed E-state index contributed by atoms with van der Waals surface area (Å²) in [6.07, 6.45) is 7.28. The third-order valence-electron chi connectivity index (χ3n) is 5.58. The molecule has 3 rings (SSSR count). The molecular formula is C16H30N2O. The molecule has 19 heavy (non-hydrogen) atoms. The van der Waals surface area contributed by atoms with Crippen molar-refractivity contribution in [2.45, 2.75) is 70.2 Å². The maximum atomic E-state index is 5.76. The number of nitrogens with zero attached hydrogens (tertiary/aromatic N) is 2. The molecule has 3 heteroatoms. The first-order valence-electron chi connectivity index (χ1n) is 8.28. The summed E-state index contributed by atoms with van der Waals surface area (Å²) in [7, 11) is 2.26. The summed E-state index contributed by atoms with van der Waals surface area (Å²) in [4.78, 5) is 5.33. The molecule has 0 aromatic rings. The molecule has 0 N–H and O–H groups in total. The molecule has 2 aliphatic heterocycles. The zero-order chi connectivity index (χ0) is 13.4. The number of hydrogen-bond acceptors (Lipinski definition) is 3. The van der Waals surface area contributed by atoms with Crippen molar-refractivity contribution in [2.24, 2.45) is 5.92 Å². The highest BCUT2D eigenvalue weighted by molar-refractivity contribution is 4.99. The van der Waals surface area contributed by atoms with Gasteiger partial charge in [-0.3, -0.25) is 4.90 Å². The highest BCUT2D eigenvalue weighted by atomic mass is 16.5. The Morgan fingerprint density at radius 2 is 1.89 bits per heavy atom. The van der Waals surface area contributed by atoms with E-state index in [4.69, 9.17) is 4.74 Å². The molecule has 0 radical (unpaired) electrons. The van der Waals surface area contributed by atoms with Crippen LogP contribution in [0.5, 0.6) is 0 Å². The summed E-state index contributed by atoms with van der Waals surface area (Å²) in [6.45, 7) is 8.30. The van der Waals surface area contributed by atoms with Crippen molar-refractivity contribution in [2.75, 3.05) is 26.7 Å². The Balaban J connectivity index is 1.63. The van der Waals surface area contributed by atoms with Gasteiger partial charge in [0, 0.05) is 12.1 Å². The molecule has 3 nitrogen and oxygen atoms in total. The van der Waals surface area contributed by atoms with Crippen LogP contribution in [0.1, 0.15) is 46.0 Å². The number of likely N-dealkylation sites (tertiary alicyclic amines) is 1. The van der Waals surface area contributed by atoms with E-state index < -0.39 is 0 Å². The van der Waals surface area contributed by atoms with Gasteiger partial charge in [-0.25, -0.2) is 0 Å². The van der Waals surface area contributed by atoms with Crippen LogP contribution in [0, 0.1) is 5.92 Å². The second-order valence-corrected chi connectivity index (χ2v) is 6.91. The van der Waals surface area contributed by atoms with Gasteiger partial charge in [-0.1, -0.05) is 6.92 Å². The fourth-order valence-corrected chi connectivity index (χ4v) is 4.02. The minimum atomic E-state index is 0.509. The molecule has 110 valence electrons. The van der Waals surface area contributed by atoms with Crippen molar-refractivity contribution in [3.05, 3.63) is 0 Å². The van der Waals surface area contributed by atoms with Gasteiger partial charge >= 0.3 is 0 Å². The predicted octanol–water partition coefficient (Wildman–Crippen LogP) is 2.36. The summed E-state index contributed by atoms with van der Waals surface area (Å²) in [5.74, 6) is 0.898. The first-order valence-corrected chi connectivity index (χ1v) is 8.28. The highest BCUT2D eigenvalue weighted by Crippen LogP contribution is 2.38. The molecule has 3 fully saturated rings. The zero-order valence-electron chi connectivity index (χ0n) is 12.8. The maximum Gasteiger partial charge on any atom is 0.0751 e. The molecule has 1 aliphatic carbocycles. The van der Waals surface area contributed by atoms with Crippen molar-refractivity contribution in [3.8, 4) is 0 Å². The second kappa shape index (κ2) is 5.71. The van der Waals surface area contributed by atoms with Crippen LogP contribution in [0.4, 0.5) is 0 Å². The lowest BCUT2D eigenvalue weighted by Crippen LogP contribution is -2.60. The Bertz CT molecular complexity index is 295. The SMILES string of the molecule is CCC1OCC1N(C1CC1)C(C)C1CCN(C)CC1. The number of piperidine rings is 1. The van der Waals surface area contributed by atoms with Gasteiger partial charge in [0.25, 0.3) is 0 Å². The number of rotatable bonds is 5.